The van der Waals surface area contributed by atoms with E-state index < -0.39 is 0 Å². The van der Waals surface area contributed by atoms with Crippen molar-refractivity contribution < 1.29 is 4.79 Å². The molecule has 1 aliphatic heterocycles. The molecule has 2 heteroatoms. The number of ketones is 1. The molecule has 0 radical (unpaired) electrons. The summed E-state index contributed by atoms with van der Waals surface area (Å²) in [7, 11) is 0.406. The maximum Gasteiger partial charge on any atom is 0.181 e. The van der Waals surface area contributed by atoms with E-state index in [9.17, 15) is 4.79 Å². The minimum Gasteiger partial charge on any atom is -0.294 e. The molecule has 1 unspecified atom stereocenters. The molecule has 0 aromatic heterocycles. The molecule has 0 aliphatic carbocycles. The summed E-state index contributed by atoms with van der Waals surface area (Å²) in [5.41, 5.74) is 0.495. The Kier molecular flexibility index (Phi) is 3.84. The molecule has 0 aromatic rings. The van der Waals surface area contributed by atoms with Gasteiger partial charge in [0, 0.05) is 11.8 Å². The minimum absolute atomic E-state index is 0.406. The maximum absolute atomic E-state index is 11.3. The lowest BCUT2D eigenvalue weighted by Crippen LogP contribution is -2.35. The van der Waals surface area contributed by atoms with Crippen molar-refractivity contribution in [3.8, 4) is 0 Å². The molecule has 1 atom stereocenters. The number of Topliss-reactive ketones (excluding diaryl/α,β-unsaturated/α-hetero) is 1. The highest BCUT2D eigenvalue weighted by Crippen LogP contribution is 2.31. The van der Waals surface area contributed by atoms with Gasteiger partial charge < -0.3 is 0 Å². The third-order valence-electron chi connectivity index (χ3n) is 2.64. The van der Waals surface area contributed by atoms with E-state index in [0.717, 1.165) is 12.2 Å². The highest BCUT2D eigenvalue weighted by Gasteiger charge is 2.35. The van der Waals surface area contributed by atoms with E-state index in [-0.39, 0.29) is 0 Å². The lowest BCUT2D eigenvalue weighted by Gasteiger charge is -2.28. The predicted octanol–water partition coefficient (Wildman–Crippen LogP) is 2.40. The monoisotopic (exact) mass is 201 g/mol. The van der Waals surface area contributed by atoms with Crippen molar-refractivity contribution in [1.29, 1.82) is 0 Å². The Morgan fingerprint density at radius 2 is 2.15 bits per heavy atom. The van der Waals surface area contributed by atoms with Crippen molar-refractivity contribution in [3.05, 3.63) is 0 Å². The Morgan fingerprint density at radius 3 is 2.69 bits per heavy atom. The molecule has 0 saturated carbocycles. The van der Waals surface area contributed by atoms with E-state index in [0.29, 0.717) is 22.1 Å². The van der Waals surface area contributed by atoms with Crippen LogP contribution in [0.1, 0.15) is 40.0 Å². The second-order valence-corrected chi connectivity index (χ2v) is 6.98. The number of hydrogen-bond acceptors (Lipinski definition) is 1. The van der Waals surface area contributed by atoms with Crippen LogP contribution in [0, 0.1) is 5.41 Å². The van der Waals surface area contributed by atoms with Crippen LogP contribution in [0.3, 0.4) is 0 Å². The van der Waals surface area contributed by atoms with Gasteiger partial charge in [-0.25, -0.2) is 0 Å². The zero-order chi connectivity index (χ0) is 9.90. The lowest BCUT2D eigenvalue weighted by molar-refractivity contribution is -0.116. The third kappa shape index (κ3) is 3.72. The van der Waals surface area contributed by atoms with Gasteiger partial charge in [0.25, 0.3) is 0 Å². The van der Waals surface area contributed by atoms with Gasteiger partial charge in [0.1, 0.15) is 11.5 Å². The van der Waals surface area contributed by atoms with Gasteiger partial charge in [0.15, 0.2) is 11.5 Å². The molecule has 1 aliphatic rings. The normalized spacial score (nSPS) is 27.2. The lowest BCUT2D eigenvalue weighted by atomic mass is 9.90. The highest BCUT2D eigenvalue weighted by atomic mass is 32.2. The Balaban J connectivity index is 2.39. The van der Waals surface area contributed by atoms with Crippen molar-refractivity contribution in [2.75, 3.05) is 17.3 Å². The second-order valence-electron chi connectivity index (χ2n) is 4.77. The van der Waals surface area contributed by atoms with Gasteiger partial charge >= 0.3 is 0 Å². The third-order valence-corrected chi connectivity index (χ3v) is 5.43. The molecule has 76 valence electrons. The Labute approximate surface area is 84.6 Å². The first-order valence-corrected chi connectivity index (χ1v) is 6.92. The summed E-state index contributed by atoms with van der Waals surface area (Å²) in [4.78, 5) is 11.3. The average Bonchev–Trinajstić information content (AvgIpc) is 2.02. The summed E-state index contributed by atoms with van der Waals surface area (Å²) < 4.78 is 0. The van der Waals surface area contributed by atoms with Crippen LogP contribution in [0.15, 0.2) is 0 Å². The standard InChI is InChI=1S/C11H21OS/c1-4-10(12)8-13-7-5-6-11(2,3)9-13/h4-9H2,1-3H3/q+1. The number of carbonyl (C=O) groups is 1. The van der Waals surface area contributed by atoms with Gasteiger partial charge in [-0.3, -0.25) is 4.79 Å². The summed E-state index contributed by atoms with van der Waals surface area (Å²) in [6, 6.07) is 0. The fourth-order valence-electron chi connectivity index (χ4n) is 1.90. The molecule has 1 nitrogen and oxygen atoms in total. The van der Waals surface area contributed by atoms with E-state index in [4.69, 9.17) is 0 Å². The first-order chi connectivity index (χ1) is 6.03. The van der Waals surface area contributed by atoms with Crippen molar-refractivity contribution in [1.82, 2.24) is 0 Å². The summed E-state index contributed by atoms with van der Waals surface area (Å²) in [5, 5.41) is 0. The van der Waals surface area contributed by atoms with Crippen LogP contribution in [0.5, 0.6) is 0 Å². The molecule has 0 N–H and O–H groups in total. The van der Waals surface area contributed by atoms with Gasteiger partial charge in [-0.15, -0.1) is 0 Å². The molecule has 0 amide bonds. The Morgan fingerprint density at radius 1 is 1.46 bits per heavy atom. The zero-order valence-corrected chi connectivity index (χ0v) is 9.88. The van der Waals surface area contributed by atoms with Crippen LogP contribution in [0.25, 0.3) is 0 Å². The van der Waals surface area contributed by atoms with Crippen molar-refractivity contribution in [2.24, 2.45) is 5.41 Å². The molecule has 0 spiro atoms. The first kappa shape index (κ1) is 11.1. The zero-order valence-electron chi connectivity index (χ0n) is 9.06. The SMILES string of the molecule is CCC(=O)C[S+]1CCCC(C)(C)C1. The first-order valence-electron chi connectivity index (χ1n) is 5.19. The molecule has 0 bridgehead atoms. The molecule has 1 saturated heterocycles. The van der Waals surface area contributed by atoms with E-state index >= 15 is 0 Å². The average molecular weight is 201 g/mol. The number of rotatable bonds is 3. The summed E-state index contributed by atoms with van der Waals surface area (Å²) in [6.07, 6.45) is 3.40. The minimum atomic E-state index is 0.406. The molecular weight excluding hydrogens is 180 g/mol. The summed E-state index contributed by atoms with van der Waals surface area (Å²) in [5.74, 6) is 3.90. The molecule has 1 heterocycles. The van der Waals surface area contributed by atoms with E-state index in [1.54, 1.807) is 0 Å². The van der Waals surface area contributed by atoms with Crippen LogP contribution >= 0.6 is 0 Å². The van der Waals surface area contributed by atoms with Crippen molar-refractivity contribution in [2.45, 2.75) is 40.0 Å². The molecule has 1 rings (SSSR count). The van der Waals surface area contributed by atoms with Crippen LogP contribution in [0.4, 0.5) is 0 Å². The molecule has 0 aromatic carbocycles. The van der Waals surface area contributed by atoms with Crippen molar-refractivity contribution in [3.63, 3.8) is 0 Å². The maximum atomic E-state index is 11.3. The van der Waals surface area contributed by atoms with Crippen LogP contribution in [-0.2, 0) is 15.7 Å². The van der Waals surface area contributed by atoms with Crippen LogP contribution < -0.4 is 0 Å². The van der Waals surface area contributed by atoms with E-state index in [1.807, 2.05) is 6.92 Å². The fraction of sp³-hybridized carbons (Fsp3) is 0.909. The highest BCUT2D eigenvalue weighted by molar-refractivity contribution is 7.97. The van der Waals surface area contributed by atoms with Crippen molar-refractivity contribution >= 4 is 16.7 Å². The van der Waals surface area contributed by atoms with Gasteiger partial charge in [0.2, 0.25) is 0 Å². The fourth-order valence-corrected chi connectivity index (χ4v) is 4.76. The Bertz CT molecular complexity index is 187. The van der Waals surface area contributed by atoms with E-state index in [1.165, 1.54) is 24.3 Å². The van der Waals surface area contributed by atoms with Gasteiger partial charge in [-0.1, -0.05) is 20.8 Å². The summed E-state index contributed by atoms with van der Waals surface area (Å²) in [6.45, 7) is 6.64. The summed E-state index contributed by atoms with van der Waals surface area (Å²) >= 11 is 0. The van der Waals surface area contributed by atoms with E-state index in [2.05, 4.69) is 13.8 Å². The topological polar surface area (TPSA) is 17.1 Å². The Hall–Kier alpha value is 0.0200. The van der Waals surface area contributed by atoms with Gasteiger partial charge in [0.05, 0.1) is 0 Å². The van der Waals surface area contributed by atoms with Crippen LogP contribution in [0.2, 0.25) is 0 Å². The van der Waals surface area contributed by atoms with Crippen LogP contribution in [-0.4, -0.2) is 23.0 Å². The largest absolute Gasteiger partial charge is 0.294 e. The number of carbonyl (C=O) groups excluding carboxylic acids is 1. The molecular formula is C11H21OS+. The molecule has 1 fully saturated rings. The smallest absolute Gasteiger partial charge is 0.181 e. The predicted molar refractivity (Wildman–Crippen MR) is 60.3 cm³/mol. The molecule has 13 heavy (non-hydrogen) atoms. The second kappa shape index (κ2) is 4.50. The number of hydrogen-bond donors (Lipinski definition) is 0. The van der Waals surface area contributed by atoms with Gasteiger partial charge in [-0.2, -0.15) is 0 Å². The quantitative estimate of drug-likeness (QED) is 0.641. The van der Waals surface area contributed by atoms with Gasteiger partial charge in [-0.05, 0) is 23.7 Å².